The maximum absolute atomic E-state index is 12.2. The van der Waals surface area contributed by atoms with Gasteiger partial charge in [0.1, 0.15) is 5.28 Å². The molecule has 0 saturated carbocycles. The van der Waals surface area contributed by atoms with Crippen LogP contribution >= 0.6 is 11.6 Å². The number of nitrogens with two attached hydrogens (primary N) is 1. The summed E-state index contributed by atoms with van der Waals surface area (Å²) in [5.41, 5.74) is 14.2. The molecule has 19 heavy (non-hydrogen) atoms. The molecule has 1 aromatic carbocycles. The van der Waals surface area contributed by atoms with Gasteiger partial charge in [-0.1, -0.05) is 17.7 Å². The second kappa shape index (κ2) is 4.97. The number of hydrogen-bond donors (Lipinski definition) is 1. The summed E-state index contributed by atoms with van der Waals surface area (Å²) in [5.74, 6) is -0.168. The minimum absolute atomic E-state index is 0.108. The van der Waals surface area contributed by atoms with Crippen LogP contribution in [0.25, 0.3) is 10.4 Å². The van der Waals surface area contributed by atoms with Crippen LogP contribution in [0.5, 0.6) is 0 Å². The summed E-state index contributed by atoms with van der Waals surface area (Å²) >= 11 is 5.86. The molecule has 0 aromatic heterocycles. The van der Waals surface area contributed by atoms with Crippen molar-refractivity contribution in [1.29, 1.82) is 0 Å². The molecule has 1 aliphatic heterocycles. The molecule has 2 N–H and O–H groups in total. The van der Waals surface area contributed by atoms with Crippen molar-refractivity contribution in [1.82, 2.24) is 4.90 Å². The van der Waals surface area contributed by atoms with Crippen LogP contribution in [0.3, 0.4) is 0 Å². The summed E-state index contributed by atoms with van der Waals surface area (Å²) in [5, 5.41) is 3.48. The van der Waals surface area contributed by atoms with Crippen LogP contribution in [-0.2, 0) is 11.4 Å². The van der Waals surface area contributed by atoms with Gasteiger partial charge in [0.05, 0.1) is 6.54 Å². The van der Waals surface area contributed by atoms with E-state index in [9.17, 15) is 4.79 Å². The Balaban J connectivity index is 2.14. The number of rotatable bonds is 4. The fourth-order valence-corrected chi connectivity index (χ4v) is 2.15. The highest BCUT2D eigenvalue weighted by Crippen LogP contribution is 2.26. The molecule has 8 heteroatoms. The van der Waals surface area contributed by atoms with Crippen molar-refractivity contribution in [2.75, 3.05) is 6.54 Å². The smallest absolute Gasteiger partial charge is 0.254 e. The molecule has 1 heterocycles. The predicted molar refractivity (Wildman–Crippen MR) is 69.0 cm³/mol. The third-order valence-electron chi connectivity index (χ3n) is 2.74. The Morgan fingerprint density at radius 2 is 2.42 bits per heavy atom. The van der Waals surface area contributed by atoms with Crippen LogP contribution in [0.15, 0.2) is 23.5 Å². The van der Waals surface area contributed by atoms with Crippen LogP contribution in [0.2, 0.25) is 5.02 Å². The molecule has 0 fully saturated rings. The van der Waals surface area contributed by atoms with Gasteiger partial charge in [0, 0.05) is 22.0 Å². The number of amides is 1. The van der Waals surface area contributed by atoms with Gasteiger partial charge in [0.25, 0.3) is 5.91 Å². The van der Waals surface area contributed by atoms with E-state index in [1.807, 2.05) is 0 Å². The Labute approximate surface area is 114 Å². The lowest BCUT2D eigenvalue weighted by atomic mass is 10.1. The highest BCUT2D eigenvalue weighted by Gasteiger charge is 2.33. The fraction of sp³-hybridized carbons (Fsp3) is 0.364. The van der Waals surface area contributed by atoms with Gasteiger partial charge in [0.15, 0.2) is 5.72 Å². The monoisotopic (exact) mass is 281 g/mol. The van der Waals surface area contributed by atoms with Gasteiger partial charge in [-0.25, -0.2) is 0 Å². The third kappa shape index (κ3) is 2.90. The number of carbonyl (C=O) groups is 1. The molecule has 0 radical (unpaired) electrons. The van der Waals surface area contributed by atoms with Crippen LogP contribution in [0.4, 0.5) is 0 Å². The molecule has 0 spiro atoms. The van der Waals surface area contributed by atoms with Crippen LogP contribution in [0, 0.1) is 0 Å². The minimum Gasteiger partial charge on any atom is -0.409 e. The van der Waals surface area contributed by atoms with Crippen molar-refractivity contribution in [3.8, 4) is 0 Å². The minimum atomic E-state index is -1.24. The molecule has 1 aromatic rings. The molecular weight excluding hydrogens is 270 g/mol. The van der Waals surface area contributed by atoms with Crippen molar-refractivity contribution < 1.29 is 9.63 Å². The summed E-state index contributed by atoms with van der Waals surface area (Å²) in [6, 6.07) is 5.16. The number of carbonyl (C=O) groups excluding carboxylic acids is 1. The third-order valence-corrected chi connectivity index (χ3v) is 2.98. The predicted octanol–water partition coefficient (Wildman–Crippen LogP) is 2.21. The van der Waals surface area contributed by atoms with Crippen molar-refractivity contribution in [3.05, 3.63) is 44.8 Å². The summed E-state index contributed by atoms with van der Waals surface area (Å²) in [6.45, 7) is 2.07. The lowest BCUT2D eigenvalue weighted by molar-refractivity contribution is -0.0459. The van der Waals surface area contributed by atoms with Gasteiger partial charge < -0.3 is 9.74 Å². The van der Waals surface area contributed by atoms with Gasteiger partial charge in [-0.3, -0.25) is 10.5 Å². The van der Waals surface area contributed by atoms with Crippen LogP contribution in [-0.4, -0.2) is 23.1 Å². The van der Waals surface area contributed by atoms with E-state index >= 15 is 0 Å². The Kier molecular flexibility index (Phi) is 3.53. The van der Waals surface area contributed by atoms with Gasteiger partial charge in [-0.15, -0.1) is 0 Å². The number of nitrogens with zero attached hydrogens (tertiary/aromatic N) is 4. The van der Waals surface area contributed by atoms with E-state index in [1.54, 1.807) is 18.2 Å². The van der Waals surface area contributed by atoms with Crippen molar-refractivity contribution in [2.45, 2.75) is 19.2 Å². The molecule has 1 unspecified atom stereocenters. The normalized spacial score (nSPS) is 16.6. The Morgan fingerprint density at radius 1 is 1.68 bits per heavy atom. The molecule has 0 saturated heterocycles. The lowest BCUT2D eigenvalue weighted by Crippen LogP contribution is -2.49. The first-order chi connectivity index (χ1) is 8.93. The highest BCUT2D eigenvalue weighted by atomic mass is 35.5. The number of azide groups is 1. The number of hydrogen-bond acceptors (Lipinski definition) is 4. The molecule has 0 bridgehead atoms. The van der Waals surface area contributed by atoms with Gasteiger partial charge in [-0.05, 0) is 30.2 Å². The molecule has 1 atom stereocenters. The van der Waals surface area contributed by atoms with Gasteiger partial charge in [-0.2, -0.15) is 0 Å². The Bertz CT molecular complexity index is 568. The largest absolute Gasteiger partial charge is 0.409 e. The quantitative estimate of drug-likeness (QED) is 0.301. The lowest BCUT2D eigenvalue weighted by Gasteiger charge is -2.27. The molecule has 100 valence electrons. The molecule has 1 amide bonds. The molecule has 1 aliphatic rings. The zero-order valence-corrected chi connectivity index (χ0v) is 11.0. The average molecular weight is 282 g/mol. The molecule has 2 rings (SSSR count). The van der Waals surface area contributed by atoms with Crippen molar-refractivity contribution in [3.63, 3.8) is 0 Å². The Morgan fingerprint density at radius 3 is 3.11 bits per heavy atom. The van der Waals surface area contributed by atoms with E-state index < -0.39 is 5.72 Å². The number of halogens is 1. The van der Waals surface area contributed by atoms with Crippen LogP contribution < -0.4 is 5.73 Å². The van der Waals surface area contributed by atoms with E-state index in [-0.39, 0.29) is 12.5 Å². The summed E-state index contributed by atoms with van der Waals surface area (Å²) in [7, 11) is 0. The topological polar surface area (TPSA) is 104 Å². The van der Waals surface area contributed by atoms with Crippen molar-refractivity contribution >= 4 is 17.5 Å². The Hall–Kier alpha value is -1.95. The number of benzene rings is 1. The first-order valence-electron chi connectivity index (χ1n) is 5.52. The van der Waals surface area contributed by atoms with E-state index in [4.69, 9.17) is 27.7 Å². The van der Waals surface area contributed by atoms with Crippen molar-refractivity contribution in [2.24, 2.45) is 11.0 Å². The van der Waals surface area contributed by atoms with Gasteiger partial charge in [0.2, 0.25) is 0 Å². The molecule has 7 nitrogen and oxygen atoms in total. The maximum Gasteiger partial charge on any atom is 0.254 e. The van der Waals surface area contributed by atoms with Crippen LogP contribution in [0.1, 0.15) is 22.8 Å². The summed E-state index contributed by atoms with van der Waals surface area (Å²) in [6.07, 6.45) is 0. The first kappa shape index (κ1) is 13.5. The summed E-state index contributed by atoms with van der Waals surface area (Å²) < 4.78 is 0. The first-order valence-corrected chi connectivity index (χ1v) is 5.90. The molecular formula is C11H12ClN5O2. The summed E-state index contributed by atoms with van der Waals surface area (Å²) in [4.78, 5) is 20.9. The van der Waals surface area contributed by atoms with E-state index in [1.165, 1.54) is 11.8 Å². The maximum atomic E-state index is 12.2. The SMILES string of the molecule is CC(N)(CN1Cc2ccc(Cl)cc2C1=O)ON=[N+]=[N-]. The zero-order chi connectivity index (χ0) is 14.0. The zero-order valence-electron chi connectivity index (χ0n) is 10.2. The van der Waals surface area contributed by atoms with E-state index in [2.05, 4.69) is 10.2 Å². The van der Waals surface area contributed by atoms with E-state index in [0.29, 0.717) is 17.1 Å². The molecule has 0 aliphatic carbocycles. The van der Waals surface area contributed by atoms with E-state index in [0.717, 1.165) is 5.56 Å². The average Bonchev–Trinajstić information content (AvgIpc) is 2.64. The van der Waals surface area contributed by atoms with Gasteiger partial charge >= 0.3 is 0 Å². The fourth-order valence-electron chi connectivity index (χ4n) is 1.98. The second-order valence-corrected chi connectivity index (χ2v) is 4.97. The highest BCUT2D eigenvalue weighted by molar-refractivity contribution is 6.31. The number of fused-ring (bicyclic) bond motifs is 1. The second-order valence-electron chi connectivity index (χ2n) is 4.54. The standard InChI is InChI=1S/C11H12ClN5O2/c1-11(13,19-16-15-14)6-17-5-7-2-3-8(12)4-9(7)10(17)18/h2-4H,5-6,13H2,1H3.